The lowest BCUT2D eigenvalue weighted by atomic mass is 10.1. The number of carbonyl (C=O) groups excluding carboxylic acids is 1. The van der Waals surface area contributed by atoms with Crippen LogP contribution >= 0.6 is 0 Å². The average molecular weight is 381 g/mol. The van der Waals surface area contributed by atoms with Crippen molar-refractivity contribution in [1.29, 1.82) is 0 Å². The van der Waals surface area contributed by atoms with Gasteiger partial charge >= 0.3 is 0 Å². The highest BCUT2D eigenvalue weighted by atomic mass is 28.4. The van der Waals surface area contributed by atoms with Crippen molar-refractivity contribution in [2.24, 2.45) is 5.92 Å². The molecular formula is C24H32O2Si. The van der Waals surface area contributed by atoms with Crippen LogP contribution in [0.15, 0.2) is 72.8 Å². The van der Waals surface area contributed by atoms with E-state index in [2.05, 4.69) is 94.4 Å². The first kappa shape index (κ1) is 21.3. The van der Waals surface area contributed by atoms with E-state index in [1.807, 2.05) is 13.0 Å². The summed E-state index contributed by atoms with van der Waals surface area (Å²) in [4.78, 5) is 10.8. The van der Waals surface area contributed by atoms with Crippen molar-refractivity contribution in [3.8, 4) is 0 Å². The van der Waals surface area contributed by atoms with Gasteiger partial charge in [-0.15, -0.1) is 0 Å². The van der Waals surface area contributed by atoms with Crippen LogP contribution in [0.5, 0.6) is 0 Å². The predicted molar refractivity (Wildman–Crippen MR) is 117 cm³/mol. The van der Waals surface area contributed by atoms with E-state index in [4.69, 9.17) is 4.43 Å². The summed E-state index contributed by atoms with van der Waals surface area (Å²) in [5.41, 5.74) is 0. The minimum atomic E-state index is -2.50. The summed E-state index contributed by atoms with van der Waals surface area (Å²) in [6.45, 7) is 10.9. The summed E-state index contributed by atoms with van der Waals surface area (Å²) in [5.74, 6) is -0.0509. The molecule has 0 amide bonds. The first-order valence-electron chi connectivity index (χ1n) is 9.72. The summed E-state index contributed by atoms with van der Waals surface area (Å²) in [5, 5.41) is 2.56. The molecule has 2 atom stereocenters. The Morgan fingerprint density at radius 2 is 1.41 bits per heavy atom. The number of rotatable bonds is 8. The van der Waals surface area contributed by atoms with E-state index < -0.39 is 8.32 Å². The summed E-state index contributed by atoms with van der Waals surface area (Å²) in [6, 6.07) is 21.4. The second-order valence-corrected chi connectivity index (χ2v) is 12.5. The lowest BCUT2D eigenvalue weighted by Gasteiger charge is -2.44. The smallest absolute Gasteiger partial charge is 0.261 e. The van der Waals surface area contributed by atoms with E-state index in [0.717, 1.165) is 12.7 Å². The van der Waals surface area contributed by atoms with Gasteiger partial charge in [0.1, 0.15) is 6.29 Å². The second-order valence-electron chi connectivity index (χ2n) is 8.25. The molecule has 2 rings (SSSR count). The van der Waals surface area contributed by atoms with E-state index in [9.17, 15) is 4.79 Å². The van der Waals surface area contributed by atoms with Crippen molar-refractivity contribution in [2.45, 2.75) is 52.2 Å². The number of hydrogen-bond donors (Lipinski definition) is 0. The Kier molecular flexibility index (Phi) is 7.34. The maximum absolute atomic E-state index is 10.8. The molecule has 2 nitrogen and oxygen atoms in total. The fourth-order valence-corrected chi connectivity index (χ4v) is 8.29. The second kappa shape index (κ2) is 9.29. The van der Waals surface area contributed by atoms with Crippen LogP contribution in [0.2, 0.25) is 5.04 Å². The zero-order valence-corrected chi connectivity index (χ0v) is 18.2. The molecule has 3 heteroatoms. The van der Waals surface area contributed by atoms with E-state index in [-0.39, 0.29) is 17.1 Å². The van der Waals surface area contributed by atoms with E-state index in [0.29, 0.717) is 0 Å². The standard InChI is InChI=1S/C24H32O2Si/c1-20(19-25)13-12-14-21(2)26-27(24(3,4)5,22-15-8-6-9-16-22)23-17-10-7-11-18-23/h6-13,15-21H,14H2,1-5H3. The van der Waals surface area contributed by atoms with Crippen molar-refractivity contribution >= 4 is 25.0 Å². The molecule has 144 valence electrons. The highest BCUT2D eigenvalue weighted by Crippen LogP contribution is 2.37. The maximum Gasteiger partial charge on any atom is 0.261 e. The highest BCUT2D eigenvalue weighted by molar-refractivity contribution is 6.99. The molecular weight excluding hydrogens is 348 g/mol. The molecule has 0 N–H and O–H groups in total. The number of benzene rings is 2. The third-order valence-corrected chi connectivity index (χ3v) is 10.1. The molecule has 0 bridgehead atoms. The first-order chi connectivity index (χ1) is 12.8. The van der Waals surface area contributed by atoms with Crippen molar-refractivity contribution in [3.05, 3.63) is 72.8 Å². The quantitative estimate of drug-likeness (QED) is 0.376. The zero-order valence-electron chi connectivity index (χ0n) is 17.2. The normalized spacial score (nSPS) is 14.9. The van der Waals surface area contributed by atoms with Gasteiger partial charge in [-0.3, -0.25) is 0 Å². The summed E-state index contributed by atoms with van der Waals surface area (Å²) >= 11 is 0. The van der Waals surface area contributed by atoms with Crippen LogP contribution in [-0.4, -0.2) is 20.7 Å². The van der Waals surface area contributed by atoms with Gasteiger partial charge in [-0.1, -0.05) is 101 Å². The minimum Gasteiger partial charge on any atom is -0.404 e. The van der Waals surface area contributed by atoms with Crippen LogP contribution in [0.25, 0.3) is 0 Å². The molecule has 0 radical (unpaired) electrons. The SMILES string of the molecule is CC(C=O)C=CCC(C)O[Si](c1ccccc1)(c1ccccc1)C(C)(C)C. The third-order valence-electron chi connectivity index (χ3n) is 4.92. The van der Waals surface area contributed by atoms with Crippen molar-refractivity contribution in [1.82, 2.24) is 0 Å². The van der Waals surface area contributed by atoms with Gasteiger partial charge in [0.25, 0.3) is 8.32 Å². The fourth-order valence-electron chi connectivity index (χ4n) is 3.57. The van der Waals surface area contributed by atoms with Gasteiger partial charge in [0.15, 0.2) is 0 Å². The Bertz CT molecular complexity index is 692. The van der Waals surface area contributed by atoms with Crippen LogP contribution in [0, 0.1) is 5.92 Å². The fraction of sp³-hybridized carbons (Fsp3) is 0.375. The molecule has 2 aromatic rings. The molecule has 0 saturated heterocycles. The molecule has 0 heterocycles. The largest absolute Gasteiger partial charge is 0.404 e. The Hall–Kier alpha value is -1.97. The van der Waals surface area contributed by atoms with Crippen molar-refractivity contribution < 1.29 is 9.22 Å². The van der Waals surface area contributed by atoms with Crippen LogP contribution in [-0.2, 0) is 9.22 Å². The van der Waals surface area contributed by atoms with Gasteiger partial charge in [-0.05, 0) is 28.8 Å². The Labute approximate surface area is 165 Å². The lowest BCUT2D eigenvalue weighted by molar-refractivity contribution is -0.109. The molecule has 0 aromatic heterocycles. The first-order valence-corrected chi connectivity index (χ1v) is 11.6. The van der Waals surface area contributed by atoms with E-state index >= 15 is 0 Å². The van der Waals surface area contributed by atoms with Crippen LogP contribution < -0.4 is 10.4 Å². The average Bonchev–Trinajstić information content (AvgIpc) is 2.66. The molecule has 0 saturated carbocycles. The highest BCUT2D eigenvalue weighted by Gasteiger charge is 2.50. The van der Waals surface area contributed by atoms with Crippen LogP contribution in [0.4, 0.5) is 0 Å². The molecule has 0 aliphatic heterocycles. The van der Waals surface area contributed by atoms with Crippen LogP contribution in [0.1, 0.15) is 41.0 Å². The third kappa shape index (κ3) is 5.05. The van der Waals surface area contributed by atoms with E-state index in [1.165, 1.54) is 10.4 Å². The predicted octanol–water partition coefficient (Wildman–Crippen LogP) is 4.73. The van der Waals surface area contributed by atoms with Crippen molar-refractivity contribution in [3.63, 3.8) is 0 Å². The molecule has 2 aromatic carbocycles. The van der Waals surface area contributed by atoms with Crippen molar-refractivity contribution in [2.75, 3.05) is 0 Å². The number of hydrogen-bond acceptors (Lipinski definition) is 2. The Balaban J connectivity index is 2.46. The van der Waals surface area contributed by atoms with Gasteiger partial charge in [-0.25, -0.2) is 0 Å². The molecule has 0 fully saturated rings. The number of allylic oxidation sites excluding steroid dienone is 1. The lowest BCUT2D eigenvalue weighted by Crippen LogP contribution is -2.67. The number of aldehydes is 1. The summed E-state index contributed by atoms with van der Waals surface area (Å²) in [7, 11) is -2.50. The summed E-state index contributed by atoms with van der Waals surface area (Å²) in [6.07, 6.45) is 5.85. The topological polar surface area (TPSA) is 26.3 Å². The minimum absolute atomic E-state index is 0.0240. The summed E-state index contributed by atoms with van der Waals surface area (Å²) < 4.78 is 6.99. The number of carbonyl (C=O) groups is 1. The van der Waals surface area contributed by atoms with Gasteiger partial charge in [0.2, 0.25) is 0 Å². The molecule has 0 aliphatic carbocycles. The zero-order chi connectivity index (χ0) is 19.9. The maximum atomic E-state index is 10.8. The monoisotopic (exact) mass is 380 g/mol. The van der Waals surface area contributed by atoms with Crippen LogP contribution in [0.3, 0.4) is 0 Å². The Morgan fingerprint density at radius 1 is 0.926 bits per heavy atom. The van der Waals surface area contributed by atoms with Gasteiger partial charge in [0, 0.05) is 12.0 Å². The van der Waals surface area contributed by atoms with Gasteiger partial charge in [0.05, 0.1) is 0 Å². The van der Waals surface area contributed by atoms with Gasteiger partial charge < -0.3 is 9.22 Å². The molecule has 0 aliphatic rings. The molecule has 0 spiro atoms. The Morgan fingerprint density at radius 3 is 1.81 bits per heavy atom. The van der Waals surface area contributed by atoms with E-state index in [1.54, 1.807) is 0 Å². The molecule has 2 unspecified atom stereocenters. The molecule has 27 heavy (non-hydrogen) atoms. The van der Waals surface area contributed by atoms with Gasteiger partial charge in [-0.2, -0.15) is 0 Å².